The lowest BCUT2D eigenvalue weighted by Gasteiger charge is -2.32. The summed E-state index contributed by atoms with van der Waals surface area (Å²) >= 11 is 1.45. The third kappa shape index (κ3) is 6.10. The quantitative estimate of drug-likeness (QED) is 0.600. The van der Waals surface area contributed by atoms with Crippen LogP contribution in [0.25, 0.3) is 0 Å². The molecule has 3 rings (SSSR count). The second-order valence-corrected chi connectivity index (χ2v) is 9.60. The second-order valence-electron chi connectivity index (χ2n) is 7.10. The maximum atomic E-state index is 13.0. The second kappa shape index (κ2) is 10.1. The summed E-state index contributed by atoms with van der Waals surface area (Å²) in [4.78, 5) is 26.0. The number of thiophene rings is 1. The number of halogens is 1. The molecule has 2 aromatic rings. The lowest BCUT2D eigenvalue weighted by molar-refractivity contribution is -0.132. The van der Waals surface area contributed by atoms with Crippen molar-refractivity contribution in [2.24, 2.45) is 0 Å². The third-order valence-electron chi connectivity index (χ3n) is 4.93. The lowest BCUT2D eigenvalue weighted by Crippen LogP contribution is -2.46. The molecule has 0 spiro atoms. The molecule has 1 fully saturated rings. The molecule has 2 N–H and O–H groups in total. The number of rotatable bonds is 8. The van der Waals surface area contributed by atoms with Gasteiger partial charge in [0.1, 0.15) is 5.82 Å². The normalized spacial score (nSPS) is 15.2. The molecule has 7 nitrogen and oxygen atoms in total. The summed E-state index contributed by atoms with van der Waals surface area (Å²) in [5, 5.41) is 6.40. The summed E-state index contributed by atoms with van der Waals surface area (Å²) in [5.41, 5.74) is 0.622. The number of likely N-dealkylation sites (tertiary alicyclic amines) is 1. The first-order valence-electron chi connectivity index (χ1n) is 9.71. The minimum atomic E-state index is -3.72. The van der Waals surface area contributed by atoms with E-state index in [4.69, 9.17) is 0 Å². The Kier molecular flexibility index (Phi) is 7.57. The molecule has 1 saturated heterocycles. The standard InChI is InChI=1S/C20H24FN3O4S2/c21-16-3-5-18(6-4-16)30(27,28)23-17-7-11-24(12-8-17)19(25)2-1-10-22-20(26)15-9-13-29-14-15/h3-6,9,13-14,17,23H,1-2,7-8,10-12H2,(H,22,26). The topological polar surface area (TPSA) is 95.6 Å². The summed E-state index contributed by atoms with van der Waals surface area (Å²) in [6.45, 7) is 1.36. The monoisotopic (exact) mass is 453 g/mol. The van der Waals surface area contributed by atoms with Gasteiger partial charge in [0.25, 0.3) is 5.91 Å². The zero-order chi connectivity index (χ0) is 21.6. The Morgan fingerprint density at radius 1 is 1.13 bits per heavy atom. The molecular formula is C20H24FN3O4S2. The van der Waals surface area contributed by atoms with E-state index in [0.717, 1.165) is 12.1 Å². The van der Waals surface area contributed by atoms with Gasteiger partial charge in [-0.3, -0.25) is 9.59 Å². The number of nitrogens with zero attached hydrogens (tertiary/aromatic N) is 1. The van der Waals surface area contributed by atoms with Gasteiger partial charge in [-0.25, -0.2) is 17.5 Å². The molecule has 0 unspecified atom stereocenters. The molecule has 1 aromatic carbocycles. The van der Waals surface area contributed by atoms with Crippen LogP contribution in [0.5, 0.6) is 0 Å². The van der Waals surface area contributed by atoms with E-state index in [9.17, 15) is 22.4 Å². The average molecular weight is 454 g/mol. The largest absolute Gasteiger partial charge is 0.352 e. The van der Waals surface area contributed by atoms with Crippen LogP contribution in [-0.4, -0.2) is 50.8 Å². The first-order valence-corrected chi connectivity index (χ1v) is 12.1. The van der Waals surface area contributed by atoms with Crippen molar-refractivity contribution in [3.63, 3.8) is 0 Å². The first kappa shape index (κ1) is 22.4. The highest BCUT2D eigenvalue weighted by atomic mass is 32.2. The zero-order valence-electron chi connectivity index (χ0n) is 16.3. The molecule has 1 aromatic heterocycles. The van der Waals surface area contributed by atoms with E-state index in [-0.39, 0.29) is 22.8 Å². The number of piperidine rings is 1. The van der Waals surface area contributed by atoms with Gasteiger partial charge in [0.15, 0.2) is 0 Å². The fourth-order valence-corrected chi connectivity index (χ4v) is 5.18. The van der Waals surface area contributed by atoms with Crippen molar-refractivity contribution in [1.29, 1.82) is 0 Å². The molecular weight excluding hydrogens is 429 g/mol. The van der Waals surface area contributed by atoms with Crippen LogP contribution in [0.2, 0.25) is 0 Å². The van der Waals surface area contributed by atoms with E-state index >= 15 is 0 Å². The molecule has 162 valence electrons. The Hall–Kier alpha value is -2.30. The van der Waals surface area contributed by atoms with E-state index in [0.29, 0.717) is 50.9 Å². The lowest BCUT2D eigenvalue weighted by atomic mass is 10.1. The van der Waals surface area contributed by atoms with Gasteiger partial charge in [-0.15, -0.1) is 0 Å². The zero-order valence-corrected chi connectivity index (χ0v) is 18.0. The van der Waals surface area contributed by atoms with Gasteiger partial charge in [-0.05, 0) is 55.0 Å². The molecule has 0 aliphatic carbocycles. The van der Waals surface area contributed by atoms with Crippen molar-refractivity contribution < 1.29 is 22.4 Å². The van der Waals surface area contributed by atoms with Gasteiger partial charge in [-0.2, -0.15) is 11.3 Å². The number of hydrogen-bond donors (Lipinski definition) is 2. The molecule has 0 saturated carbocycles. The van der Waals surface area contributed by atoms with Crippen molar-refractivity contribution >= 4 is 33.2 Å². The van der Waals surface area contributed by atoms with Crippen LogP contribution in [0.1, 0.15) is 36.0 Å². The summed E-state index contributed by atoms with van der Waals surface area (Å²) < 4.78 is 40.4. The molecule has 1 aliphatic rings. The average Bonchev–Trinajstić information content (AvgIpc) is 3.26. The van der Waals surface area contributed by atoms with Gasteiger partial charge >= 0.3 is 0 Å². The number of amides is 2. The molecule has 0 atom stereocenters. The minimum Gasteiger partial charge on any atom is -0.352 e. The Bertz CT molecular complexity index is 954. The highest BCUT2D eigenvalue weighted by molar-refractivity contribution is 7.89. The van der Waals surface area contributed by atoms with Gasteiger partial charge in [0, 0.05) is 43.0 Å². The maximum Gasteiger partial charge on any atom is 0.252 e. The summed E-state index contributed by atoms with van der Waals surface area (Å²) in [6, 6.07) is 6.16. The number of carbonyl (C=O) groups is 2. The maximum absolute atomic E-state index is 13.0. The van der Waals surface area contributed by atoms with E-state index in [2.05, 4.69) is 10.0 Å². The van der Waals surface area contributed by atoms with Crippen LogP contribution < -0.4 is 10.0 Å². The van der Waals surface area contributed by atoms with Crippen LogP contribution in [0, 0.1) is 5.82 Å². The van der Waals surface area contributed by atoms with Crippen LogP contribution in [-0.2, 0) is 14.8 Å². The van der Waals surface area contributed by atoms with Crippen LogP contribution in [0.15, 0.2) is 46.0 Å². The van der Waals surface area contributed by atoms with Gasteiger partial charge in [0.05, 0.1) is 4.90 Å². The van der Waals surface area contributed by atoms with E-state index < -0.39 is 15.8 Å². The van der Waals surface area contributed by atoms with Crippen LogP contribution >= 0.6 is 11.3 Å². The number of nitrogens with one attached hydrogen (secondary N) is 2. The first-order chi connectivity index (χ1) is 14.3. The fraction of sp³-hybridized carbons (Fsp3) is 0.400. The van der Waals surface area contributed by atoms with Crippen molar-refractivity contribution in [2.45, 2.75) is 36.6 Å². The van der Waals surface area contributed by atoms with Crippen LogP contribution in [0.4, 0.5) is 4.39 Å². The summed E-state index contributed by atoms with van der Waals surface area (Å²) in [5.74, 6) is -0.635. The van der Waals surface area contributed by atoms with Gasteiger partial charge in [0.2, 0.25) is 15.9 Å². The summed E-state index contributed by atoms with van der Waals surface area (Å²) in [6.07, 6.45) is 1.91. The fourth-order valence-electron chi connectivity index (χ4n) is 3.24. The number of carbonyl (C=O) groups excluding carboxylic acids is 2. The SMILES string of the molecule is O=C(NCCCC(=O)N1CCC(NS(=O)(=O)c2ccc(F)cc2)CC1)c1ccsc1. The van der Waals surface area contributed by atoms with Gasteiger partial charge in [-0.1, -0.05) is 0 Å². The number of sulfonamides is 1. The van der Waals surface area contributed by atoms with Crippen molar-refractivity contribution in [2.75, 3.05) is 19.6 Å². The Labute approximate surface area is 179 Å². The Morgan fingerprint density at radius 2 is 1.83 bits per heavy atom. The van der Waals surface area contributed by atoms with Crippen molar-refractivity contribution in [3.05, 3.63) is 52.5 Å². The smallest absolute Gasteiger partial charge is 0.252 e. The van der Waals surface area contributed by atoms with Crippen molar-refractivity contribution in [3.8, 4) is 0 Å². The highest BCUT2D eigenvalue weighted by Gasteiger charge is 2.26. The Balaban J connectivity index is 1.37. The molecule has 0 radical (unpaired) electrons. The molecule has 1 aliphatic heterocycles. The highest BCUT2D eigenvalue weighted by Crippen LogP contribution is 2.16. The molecule has 2 amide bonds. The molecule has 0 bridgehead atoms. The molecule has 2 heterocycles. The van der Waals surface area contributed by atoms with E-state index in [1.165, 1.54) is 23.5 Å². The van der Waals surface area contributed by atoms with E-state index in [1.54, 1.807) is 16.3 Å². The minimum absolute atomic E-state index is 0.000348. The summed E-state index contributed by atoms with van der Waals surface area (Å²) in [7, 11) is -3.72. The van der Waals surface area contributed by atoms with Crippen LogP contribution in [0.3, 0.4) is 0 Å². The number of hydrogen-bond acceptors (Lipinski definition) is 5. The Morgan fingerprint density at radius 3 is 2.47 bits per heavy atom. The third-order valence-corrected chi connectivity index (χ3v) is 7.15. The number of benzene rings is 1. The molecule has 10 heteroatoms. The predicted molar refractivity (Wildman–Crippen MR) is 112 cm³/mol. The van der Waals surface area contributed by atoms with E-state index in [1.807, 2.05) is 5.38 Å². The van der Waals surface area contributed by atoms with Gasteiger partial charge < -0.3 is 10.2 Å². The predicted octanol–water partition coefficient (Wildman–Crippen LogP) is 2.37. The van der Waals surface area contributed by atoms with Crippen molar-refractivity contribution in [1.82, 2.24) is 14.9 Å². The molecule has 30 heavy (non-hydrogen) atoms.